The smallest absolute Gasteiger partial charge is 0.324 e. The standard InChI is InChI=1S/C16H22N2O5S/c1-3-4-5-14-15(19)18(16(20)17-14)10-11-23-12-6-8-13(9-7-12)24(2,21)22/h6-9,14H,3-5,10-11H2,1-2H3,(H,17,20)/t14-/m0/s1. The van der Waals surface area contributed by atoms with Gasteiger partial charge in [0.2, 0.25) is 0 Å². The second kappa shape index (κ2) is 7.65. The summed E-state index contributed by atoms with van der Waals surface area (Å²) < 4.78 is 28.2. The first-order valence-electron chi connectivity index (χ1n) is 7.87. The average Bonchev–Trinajstić information content (AvgIpc) is 2.80. The molecule has 0 unspecified atom stereocenters. The molecule has 0 radical (unpaired) electrons. The topological polar surface area (TPSA) is 92.8 Å². The molecule has 1 heterocycles. The lowest BCUT2D eigenvalue weighted by Crippen LogP contribution is -2.35. The van der Waals surface area contributed by atoms with Gasteiger partial charge in [0, 0.05) is 6.26 Å². The molecular formula is C16H22N2O5S. The molecule has 0 aromatic heterocycles. The van der Waals surface area contributed by atoms with Gasteiger partial charge in [-0.3, -0.25) is 9.69 Å². The van der Waals surface area contributed by atoms with Crippen LogP contribution in [0.5, 0.6) is 5.75 Å². The maximum absolute atomic E-state index is 12.1. The van der Waals surface area contributed by atoms with Crippen molar-refractivity contribution in [1.29, 1.82) is 0 Å². The van der Waals surface area contributed by atoms with Gasteiger partial charge in [-0.25, -0.2) is 13.2 Å². The fraction of sp³-hybridized carbons (Fsp3) is 0.500. The molecule has 0 saturated carbocycles. The molecule has 1 aliphatic rings. The predicted molar refractivity (Wildman–Crippen MR) is 88.6 cm³/mol. The molecule has 1 N–H and O–H groups in total. The number of ether oxygens (including phenoxy) is 1. The first-order valence-corrected chi connectivity index (χ1v) is 9.77. The van der Waals surface area contributed by atoms with Gasteiger partial charge in [0.05, 0.1) is 11.4 Å². The zero-order valence-electron chi connectivity index (χ0n) is 13.8. The molecule has 7 nitrogen and oxygen atoms in total. The van der Waals surface area contributed by atoms with Crippen LogP contribution in [-0.4, -0.2) is 50.7 Å². The summed E-state index contributed by atoms with van der Waals surface area (Å²) in [4.78, 5) is 25.3. The number of carbonyl (C=O) groups excluding carboxylic acids is 2. The minimum Gasteiger partial charge on any atom is -0.492 e. The summed E-state index contributed by atoms with van der Waals surface area (Å²) in [5, 5.41) is 2.68. The van der Waals surface area contributed by atoms with Crippen LogP contribution >= 0.6 is 0 Å². The number of hydrogen-bond donors (Lipinski definition) is 1. The second-order valence-electron chi connectivity index (χ2n) is 5.73. The summed E-state index contributed by atoms with van der Waals surface area (Å²) in [6.07, 6.45) is 3.63. The van der Waals surface area contributed by atoms with Crippen LogP contribution in [0.1, 0.15) is 26.2 Å². The first kappa shape index (κ1) is 18.3. The van der Waals surface area contributed by atoms with Gasteiger partial charge in [0.25, 0.3) is 5.91 Å². The van der Waals surface area contributed by atoms with Crippen molar-refractivity contribution >= 4 is 21.8 Å². The minimum absolute atomic E-state index is 0.151. The zero-order valence-corrected chi connectivity index (χ0v) is 14.6. The maximum Gasteiger partial charge on any atom is 0.324 e. The third-order valence-electron chi connectivity index (χ3n) is 3.79. The number of urea groups is 1. The fourth-order valence-electron chi connectivity index (χ4n) is 2.43. The Bertz CT molecular complexity index is 700. The van der Waals surface area contributed by atoms with Gasteiger partial charge < -0.3 is 10.1 Å². The number of benzene rings is 1. The van der Waals surface area contributed by atoms with Crippen LogP contribution in [0.25, 0.3) is 0 Å². The molecule has 2 rings (SSSR count). The van der Waals surface area contributed by atoms with Crippen LogP contribution in [-0.2, 0) is 14.6 Å². The van der Waals surface area contributed by atoms with Crippen molar-refractivity contribution in [2.24, 2.45) is 0 Å². The zero-order chi connectivity index (χ0) is 17.7. The van der Waals surface area contributed by atoms with Gasteiger partial charge in [-0.05, 0) is 30.7 Å². The lowest BCUT2D eigenvalue weighted by molar-refractivity contribution is -0.127. The monoisotopic (exact) mass is 354 g/mol. The highest BCUT2D eigenvalue weighted by atomic mass is 32.2. The summed E-state index contributed by atoms with van der Waals surface area (Å²) in [6, 6.07) is 5.18. The van der Waals surface area contributed by atoms with Crippen molar-refractivity contribution in [2.45, 2.75) is 37.1 Å². The molecule has 0 bridgehead atoms. The number of imide groups is 1. The summed E-state index contributed by atoms with van der Waals surface area (Å²) >= 11 is 0. The fourth-order valence-corrected chi connectivity index (χ4v) is 3.06. The quantitative estimate of drug-likeness (QED) is 0.716. The number of nitrogens with one attached hydrogen (secondary N) is 1. The van der Waals surface area contributed by atoms with Gasteiger partial charge in [0.1, 0.15) is 18.4 Å². The molecule has 1 fully saturated rings. The minimum atomic E-state index is -3.24. The van der Waals surface area contributed by atoms with E-state index in [0.29, 0.717) is 12.2 Å². The van der Waals surface area contributed by atoms with Crippen molar-refractivity contribution in [2.75, 3.05) is 19.4 Å². The summed E-state index contributed by atoms with van der Waals surface area (Å²) in [5.41, 5.74) is 0. The molecule has 132 valence electrons. The van der Waals surface area contributed by atoms with Crippen molar-refractivity contribution in [1.82, 2.24) is 10.2 Å². The molecule has 24 heavy (non-hydrogen) atoms. The maximum atomic E-state index is 12.1. The number of unbranched alkanes of at least 4 members (excludes halogenated alkanes) is 1. The van der Waals surface area contributed by atoms with Crippen molar-refractivity contribution in [3.05, 3.63) is 24.3 Å². The van der Waals surface area contributed by atoms with Crippen LogP contribution in [0.4, 0.5) is 4.79 Å². The van der Waals surface area contributed by atoms with E-state index in [-0.39, 0.29) is 24.0 Å². The van der Waals surface area contributed by atoms with E-state index >= 15 is 0 Å². The van der Waals surface area contributed by atoms with Crippen molar-refractivity contribution in [3.63, 3.8) is 0 Å². The van der Waals surface area contributed by atoms with E-state index in [9.17, 15) is 18.0 Å². The third-order valence-corrected chi connectivity index (χ3v) is 4.92. The van der Waals surface area contributed by atoms with Crippen molar-refractivity contribution < 1.29 is 22.7 Å². The van der Waals surface area contributed by atoms with E-state index in [4.69, 9.17) is 4.74 Å². The Morgan fingerprint density at radius 1 is 1.21 bits per heavy atom. The highest BCUT2D eigenvalue weighted by Gasteiger charge is 2.36. The predicted octanol–water partition coefficient (Wildman–Crippen LogP) is 1.58. The molecule has 1 aromatic rings. The summed E-state index contributed by atoms with van der Waals surface area (Å²) in [6.45, 7) is 2.33. The molecule has 0 spiro atoms. The molecule has 1 aromatic carbocycles. The van der Waals surface area contributed by atoms with Crippen LogP contribution in [0, 0.1) is 0 Å². The van der Waals surface area contributed by atoms with Crippen molar-refractivity contribution in [3.8, 4) is 5.75 Å². The number of carbonyl (C=O) groups is 2. The lowest BCUT2D eigenvalue weighted by atomic mass is 10.1. The molecule has 0 aliphatic carbocycles. The highest BCUT2D eigenvalue weighted by molar-refractivity contribution is 7.90. The third kappa shape index (κ3) is 4.47. The van der Waals surface area contributed by atoms with Gasteiger partial charge in [-0.1, -0.05) is 19.8 Å². The summed E-state index contributed by atoms with van der Waals surface area (Å²) in [5.74, 6) is 0.265. The number of amides is 3. The van der Waals surface area contributed by atoms with Gasteiger partial charge >= 0.3 is 6.03 Å². The van der Waals surface area contributed by atoms with E-state index in [1.165, 1.54) is 12.1 Å². The van der Waals surface area contributed by atoms with Crippen LogP contribution in [0.3, 0.4) is 0 Å². The Kier molecular flexibility index (Phi) is 5.82. The SMILES string of the molecule is CCCC[C@@H]1NC(=O)N(CCOc2ccc(S(C)(=O)=O)cc2)C1=O. The molecule has 3 amide bonds. The van der Waals surface area contributed by atoms with Gasteiger partial charge in [-0.15, -0.1) is 0 Å². The van der Waals surface area contributed by atoms with E-state index in [2.05, 4.69) is 5.32 Å². The average molecular weight is 354 g/mol. The van der Waals surface area contributed by atoms with Crippen LogP contribution < -0.4 is 10.1 Å². The van der Waals surface area contributed by atoms with Gasteiger partial charge in [-0.2, -0.15) is 0 Å². The Hall–Kier alpha value is -2.09. The Labute approximate surface area is 141 Å². The van der Waals surface area contributed by atoms with E-state index < -0.39 is 21.9 Å². The van der Waals surface area contributed by atoms with E-state index in [0.717, 1.165) is 24.0 Å². The van der Waals surface area contributed by atoms with E-state index in [1.54, 1.807) is 12.1 Å². The Morgan fingerprint density at radius 2 is 1.88 bits per heavy atom. The lowest BCUT2D eigenvalue weighted by Gasteiger charge is -2.14. The molecule has 8 heteroatoms. The molecular weight excluding hydrogens is 332 g/mol. The number of rotatable bonds is 8. The number of nitrogens with zero attached hydrogens (tertiary/aromatic N) is 1. The van der Waals surface area contributed by atoms with E-state index in [1.807, 2.05) is 6.92 Å². The molecule has 1 saturated heterocycles. The Balaban J connectivity index is 1.85. The second-order valence-corrected chi connectivity index (χ2v) is 7.74. The number of hydrogen-bond acceptors (Lipinski definition) is 5. The van der Waals surface area contributed by atoms with Crippen LogP contribution in [0.15, 0.2) is 29.2 Å². The largest absolute Gasteiger partial charge is 0.492 e. The normalized spacial score (nSPS) is 17.9. The molecule has 1 atom stereocenters. The van der Waals surface area contributed by atoms with Crippen LogP contribution in [0.2, 0.25) is 0 Å². The summed E-state index contributed by atoms with van der Waals surface area (Å²) in [7, 11) is -3.24. The van der Waals surface area contributed by atoms with Gasteiger partial charge in [0.15, 0.2) is 9.84 Å². The number of sulfone groups is 1. The highest BCUT2D eigenvalue weighted by Crippen LogP contribution is 2.16. The first-order chi connectivity index (χ1) is 11.3. The molecule has 1 aliphatic heterocycles. The Morgan fingerprint density at radius 3 is 2.46 bits per heavy atom.